The first-order chi connectivity index (χ1) is 9.91. The normalized spacial score (nSPS) is 10.6. The molecular formula is C15H27ClO4. The quantitative estimate of drug-likeness (QED) is 0.249. The highest BCUT2D eigenvalue weighted by Gasteiger charge is 1.93. The number of unbranched alkanes of at least 4 members (excludes halogenated alkanes) is 3. The van der Waals surface area contributed by atoms with Gasteiger partial charge in [0.15, 0.2) is 0 Å². The number of hydrogen-bond donors (Lipinski definition) is 0. The van der Waals surface area contributed by atoms with Gasteiger partial charge in [-0.25, -0.2) is 0 Å². The highest BCUT2D eigenvalue weighted by molar-refractivity contribution is 6.17. The van der Waals surface area contributed by atoms with Crippen LogP contribution in [0, 0.1) is 12.3 Å². The molecule has 0 atom stereocenters. The maximum atomic E-state index is 5.59. The Labute approximate surface area is 128 Å². The van der Waals surface area contributed by atoms with Gasteiger partial charge in [-0.1, -0.05) is 18.8 Å². The summed E-state index contributed by atoms with van der Waals surface area (Å²) in [5.74, 6) is 3.15. The van der Waals surface area contributed by atoms with Gasteiger partial charge in [0.25, 0.3) is 0 Å². The second kappa shape index (κ2) is 18.7. The summed E-state index contributed by atoms with van der Waals surface area (Å²) in [5, 5.41) is 0. The summed E-state index contributed by atoms with van der Waals surface area (Å²) in [5.41, 5.74) is 0. The summed E-state index contributed by atoms with van der Waals surface area (Å²) in [6.45, 7) is 4.60. The average molecular weight is 307 g/mol. The summed E-state index contributed by atoms with van der Waals surface area (Å²) in [6.07, 6.45) is 9.60. The van der Waals surface area contributed by atoms with Gasteiger partial charge in [-0.15, -0.1) is 18.0 Å². The molecule has 0 aliphatic heterocycles. The Morgan fingerprint density at radius 2 is 1.15 bits per heavy atom. The first kappa shape index (κ1) is 19.7. The molecule has 0 heterocycles. The summed E-state index contributed by atoms with van der Waals surface area (Å²) in [7, 11) is 0. The Kier molecular flexibility index (Phi) is 18.4. The molecule has 0 amide bonds. The van der Waals surface area contributed by atoms with Crippen molar-refractivity contribution in [2.45, 2.75) is 25.7 Å². The Morgan fingerprint density at radius 1 is 0.650 bits per heavy atom. The first-order valence-corrected chi connectivity index (χ1v) is 7.75. The number of terminal acetylenes is 1. The van der Waals surface area contributed by atoms with E-state index in [1.807, 2.05) is 0 Å². The molecule has 0 radical (unpaired) electrons. The van der Waals surface area contributed by atoms with Crippen LogP contribution in [0.15, 0.2) is 0 Å². The third-order valence-electron chi connectivity index (χ3n) is 2.47. The molecule has 4 nitrogen and oxygen atoms in total. The predicted molar refractivity (Wildman–Crippen MR) is 81.3 cm³/mol. The zero-order chi connectivity index (χ0) is 14.7. The molecule has 0 aromatic carbocycles. The van der Waals surface area contributed by atoms with Crippen LogP contribution in [-0.2, 0) is 18.9 Å². The van der Waals surface area contributed by atoms with Gasteiger partial charge in [-0.2, -0.15) is 0 Å². The lowest BCUT2D eigenvalue weighted by molar-refractivity contribution is 0.000923. The molecule has 0 N–H and O–H groups in total. The minimum Gasteiger partial charge on any atom is -0.379 e. The van der Waals surface area contributed by atoms with E-state index in [0.29, 0.717) is 46.2 Å². The van der Waals surface area contributed by atoms with E-state index in [-0.39, 0.29) is 0 Å². The van der Waals surface area contributed by atoms with Crippen molar-refractivity contribution in [3.05, 3.63) is 0 Å². The molecule has 5 heteroatoms. The van der Waals surface area contributed by atoms with Crippen LogP contribution in [0.1, 0.15) is 25.7 Å². The van der Waals surface area contributed by atoms with E-state index in [1.165, 1.54) is 12.8 Å². The molecule has 0 aliphatic carbocycles. The van der Waals surface area contributed by atoms with Crippen LogP contribution in [0.5, 0.6) is 0 Å². The number of halogens is 1. The Bertz CT molecular complexity index is 218. The van der Waals surface area contributed by atoms with E-state index in [9.17, 15) is 0 Å². The van der Waals surface area contributed by atoms with Crippen LogP contribution in [0.25, 0.3) is 0 Å². The highest BCUT2D eigenvalue weighted by atomic mass is 35.5. The van der Waals surface area contributed by atoms with Gasteiger partial charge < -0.3 is 18.9 Å². The predicted octanol–water partition coefficient (Wildman–Crippen LogP) is 2.49. The van der Waals surface area contributed by atoms with Crippen LogP contribution in [-0.4, -0.2) is 58.7 Å². The molecule has 0 fully saturated rings. The molecule has 0 rings (SSSR count). The van der Waals surface area contributed by atoms with Crippen molar-refractivity contribution >= 4 is 11.6 Å². The average Bonchev–Trinajstić information content (AvgIpc) is 2.47. The van der Waals surface area contributed by atoms with Crippen molar-refractivity contribution in [3.63, 3.8) is 0 Å². The minimum atomic E-state index is 0.336. The highest BCUT2D eigenvalue weighted by Crippen LogP contribution is 2.00. The van der Waals surface area contributed by atoms with E-state index in [4.69, 9.17) is 37.0 Å². The summed E-state index contributed by atoms with van der Waals surface area (Å²) >= 11 is 5.59. The third-order valence-corrected chi connectivity index (χ3v) is 2.74. The summed E-state index contributed by atoms with van der Waals surface area (Å²) < 4.78 is 21.2. The van der Waals surface area contributed by atoms with E-state index >= 15 is 0 Å². The lowest BCUT2D eigenvalue weighted by Crippen LogP contribution is -2.12. The second-order valence-electron chi connectivity index (χ2n) is 4.20. The number of hydrogen-bond acceptors (Lipinski definition) is 4. The van der Waals surface area contributed by atoms with Gasteiger partial charge in [0, 0.05) is 12.5 Å². The van der Waals surface area contributed by atoms with E-state index in [1.54, 1.807) is 0 Å². The standard InChI is InChI=1S/C15H27ClO4/c1-2-8-17-10-12-19-14-15-20-13-11-18-9-6-4-3-5-7-16/h1H,3-15H2. The molecule has 0 aromatic rings. The summed E-state index contributed by atoms with van der Waals surface area (Å²) in [4.78, 5) is 0. The topological polar surface area (TPSA) is 36.9 Å². The minimum absolute atomic E-state index is 0.336. The lowest BCUT2D eigenvalue weighted by Gasteiger charge is -2.06. The Balaban J connectivity index is 2.91. The number of alkyl halides is 1. The fourth-order valence-corrected chi connectivity index (χ4v) is 1.63. The fraction of sp³-hybridized carbons (Fsp3) is 0.867. The Hall–Kier alpha value is -0.310. The molecule has 20 heavy (non-hydrogen) atoms. The third kappa shape index (κ3) is 17.7. The molecule has 0 aliphatic rings. The Morgan fingerprint density at radius 3 is 1.70 bits per heavy atom. The zero-order valence-corrected chi connectivity index (χ0v) is 13.0. The van der Waals surface area contributed by atoms with E-state index in [0.717, 1.165) is 25.3 Å². The van der Waals surface area contributed by atoms with Crippen molar-refractivity contribution in [3.8, 4) is 12.3 Å². The molecule has 0 unspecified atom stereocenters. The molecule has 118 valence electrons. The zero-order valence-electron chi connectivity index (χ0n) is 12.3. The second-order valence-corrected chi connectivity index (χ2v) is 4.57. The lowest BCUT2D eigenvalue weighted by atomic mass is 10.2. The van der Waals surface area contributed by atoms with Gasteiger partial charge in [0.05, 0.1) is 39.6 Å². The SMILES string of the molecule is C#CCOCCOCCOCCOCCCCCCCl. The molecular weight excluding hydrogens is 280 g/mol. The van der Waals surface area contributed by atoms with E-state index < -0.39 is 0 Å². The molecule has 0 spiro atoms. The van der Waals surface area contributed by atoms with Gasteiger partial charge in [-0.05, 0) is 12.8 Å². The maximum absolute atomic E-state index is 5.59. The van der Waals surface area contributed by atoms with Crippen molar-refractivity contribution in [1.29, 1.82) is 0 Å². The fourth-order valence-electron chi connectivity index (χ4n) is 1.44. The van der Waals surface area contributed by atoms with Crippen LogP contribution < -0.4 is 0 Å². The smallest absolute Gasteiger partial charge is 0.107 e. The van der Waals surface area contributed by atoms with E-state index in [2.05, 4.69) is 5.92 Å². The molecule has 0 saturated carbocycles. The first-order valence-electron chi connectivity index (χ1n) is 7.22. The van der Waals surface area contributed by atoms with Crippen LogP contribution in [0.4, 0.5) is 0 Å². The largest absolute Gasteiger partial charge is 0.379 e. The van der Waals surface area contributed by atoms with Crippen LogP contribution >= 0.6 is 11.6 Å². The van der Waals surface area contributed by atoms with Crippen LogP contribution in [0.2, 0.25) is 0 Å². The molecule has 0 aromatic heterocycles. The molecule has 0 saturated heterocycles. The number of rotatable bonds is 16. The van der Waals surface area contributed by atoms with Crippen molar-refractivity contribution < 1.29 is 18.9 Å². The number of ether oxygens (including phenoxy) is 4. The van der Waals surface area contributed by atoms with Gasteiger partial charge in [0.1, 0.15) is 6.61 Å². The van der Waals surface area contributed by atoms with Gasteiger partial charge >= 0.3 is 0 Å². The van der Waals surface area contributed by atoms with Gasteiger partial charge in [0.2, 0.25) is 0 Å². The maximum Gasteiger partial charge on any atom is 0.107 e. The summed E-state index contributed by atoms with van der Waals surface area (Å²) in [6, 6.07) is 0. The van der Waals surface area contributed by atoms with Crippen molar-refractivity contribution in [2.24, 2.45) is 0 Å². The van der Waals surface area contributed by atoms with Crippen molar-refractivity contribution in [2.75, 3.05) is 58.7 Å². The monoisotopic (exact) mass is 306 g/mol. The molecule has 0 bridgehead atoms. The van der Waals surface area contributed by atoms with Crippen molar-refractivity contribution in [1.82, 2.24) is 0 Å². The van der Waals surface area contributed by atoms with Crippen LogP contribution in [0.3, 0.4) is 0 Å². The van der Waals surface area contributed by atoms with Gasteiger partial charge in [-0.3, -0.25) is 0 Å².